The molecule has 0 heterocycles. The molecule has 0 N–H and O–H groups in total. The van der Waals surface area contributed by atoms with Crippen LogP contribution in [0, 0.1) is 13.8 Å². The van der Waals surface area contributed by atoms with Gasteiger partial charge in [-0.25, -0.2) is 4.79 Å². The Balaban J connectivity index is 2.75. The molecule has 1 atom stereocenters. The summed E-state index contributed by atoms with van der Waals surface area (Å²) in [6.07, 6.45) is 8.46. The van der Waals surface area contributed by atoms with Gasteiger partial charge in [0.2, 0.25) is 5.91 Å². The number of benzene rings is 1. The molecule has 0 aliphatic carbocycles. The number of nitrogens with zero attached hydrogens (tertiary/aromatic N) is 1. The van der Waals surface area contributed by atoms with Crippen molar-refractivity contribution in [2.45, 2.75) is 85.1 Å². The first-order valence-corrected chi connectivity index (χ1v) is 12.4. The van der Waals surface area contributed by atoms with Gasteiger partial charge < -0.3 is 4.74 Å². The van der Waals surface area contributed by atoms with Crippen LogP contribution in [0.15, 0.2) is 12.1 Å². The largest absolute Gasteiger partial charge is 0.467 e. The Morgan fingerprint density at radius 2 is 1.68 bits per heavy atom. The van der Waals surface area contributed by atoms with Gasteiger partial charge in [-0.2, -0.15) is 0 Å². The summed E-state index contributed by atoms with van der Waals surface area (Å²) in [6, 6.07) is 2.75. The molecule has 1 aromatic rings. The minimum atomic E-state index is -0.827. The monoisotopic (exact) mass is 469 g/mol. The Labute approximate surface area is 196 Å². The average Bonchev–Trinajstić information content (AvgIpc) is 2.76. The Bertz CT molecular complexity index is 753. The van der Waals surface area contributed by atoms with Crippen LogP contribution >= 0.6 is 23.4 Å². The third-order valence-electron chi connectivity index (χ3n) is 5.35. The number of thioether (sulfide) groups is 1. The second kappa shape index (κ2) is 14.5. The maximum Gasteiger partial charge on any atom is 0.328 e. The molecule has 0 aliphatic rings. The van der Waals surface area contributed by atoms with Crippen molar-refractivity contribution in [3.63, 3.8) is 0 Å². The Morgan fingerprint density at radius 1 is 1.06 bits per heavy atom. The minimum Gasteiger partial charge on any atom is -0.467 e. The van der Waals surface area contributed by atoms with Gasteiger partial charge in [0.25, 0.3) is 0 Å². The number of esters is 1. The first-order chi connectivity index (χ1) is 14.7. The van der Waals surface area contributed by atoms with Crippen molar-refractivity contribution in [3.8, 4) is 0 Å². The lowest BCUT2D eigenvalue weighted by atomic mass is 10.1. The molecule has 0 saturated carbocycles. The van der Waals surface area contributed by atoms with E-state index in [2.05, 4.69) is 6.92 Å². The van der Waals surface area contributed by atoms with Gasteiger partial charge in [-0.1, -0.05) is 74.9 Å². The number of carbonyl (C=O) groups is 3. The van der Waals surface area contributed by atoms with Gasteiger partial charge in [-0.15, -0.1) is 0 Å². The van der Waals surface area contributed by atoms with Crippen molar-refractivity contribution < 1.29 is 19.1 Å². The first kappa shape index (κ1) is 27.5. The third-order valence-corrected chi connectivity index (χ3v) is 6.67. The zero-order valence-corrected chi connectivity index (χ0v) is 21.0. The summed E-state index contributed by atoms with van der Waals surface area (Å²) in [4.78, 5) is 39.0. The minimum absolute atomic E-state index is 0.00659. The van der Waals surface area contributed by atoms with Crippen LogP contribution in [-0.2, 0) is 19.1 Å². The number of aryl methyl sites for hydroxylation is 1. The van der Waals surface area contributed by atoms with E-state index in [1.807, 2.05) is 19.9 Å². The van der Waals surface area contributed by atoms with Crippen molar-refractivity contribution in [1.82, 2.24) is 0 Å². The summed E-state index contributed by atoms with van der Waals surface area (Å²) >= 11 is 7.29. The topological polar surface area (TPSA) is 63.7 Å². The molecule has 1 amide bonds. The number of carbonyl (C=O) groups excluding carboxylic acids is 3. The molecule has 7 heteroatoms. The fourth-order valence-corrected chi connectivity index (χ4v) is 4.37. The number of ether oxygens (including phenoxy) is 1. The number of hydrogen-bond acceptors (Lipinski definition) is 5. The molecule has 1 rings (SSSR count). The number of anilines is 1. The van der Waals surface area contributed by atoms with Gasteiger partial charge in [0.05, 0.1) is 18.6 Å². The summed E-state index contributed by atoms with van der Waals surface area (Å²) in [5.41, 5.74) is 2.13. The normalized spacial score (nSPS) is 11.8. The molecule has 1 aromatic carbocycles. The van der Waals surface area contributed by atoms with E-state index in [1.54, 1.807) is 13.0 Å². The van der Waals surface area contributed by atoms with Crippen LogP contribution in [-0.4, -0.2) is 35.9 Å². The van der Waals surface area contributed by atoms with E-state index in [1.165, 1.54) is 37.7 Å². The maximum atomic E-state index is 13.1. The average molecular weight is 470 g/mol. The summed E-state index contributed by atoms with van der Waals surface area (Å²) < 4.78 is 4.86. The number of hydrogen-bond donors (Lipinski definition) is 0. The molecule has 174 valence electrons. The molecule has 0 aromatic heterocycles. The fraction of sp³-hybridized carbons (Fsp3) is 0.625. The summed E-state index contributed by atoms with van der Waals surface area (Å²) in [5, 5.41) is 0.519. The van der Waals surface area contributed by atoms with Crippen LogP contribution in [0.1, 0.15) is 76.3 Å². The van der Waals surface area contributed by atoms with Gasteiger partial charge in [-0.05, 0) is 44.4 Å². The van der Waals surface area contributed by atoms with Crippen molar-refractivity contribution in [3.05, 3.63) is 28.3 Å². The quantitative estimate of drug-likeness (QED) is 0.252. The van der Waals surface area contributed by atoms with Crippen LogP contribution in [0.3, 0.4) is 0 Å². The molecular weight excluding hydrogens is 434 g/mol. The van der Waals surface area contributed by atoms with E-state index in [4.69, 9.17) is 16.3 Å². The van der Waals surface area contributed by atoms with Gasteiger partial charge in [0.1, 0.15) is 6.04 Å². The molecule has 1 unspecified atom stereocenters. The van der Waals surface area contributed by atoms with E-state index >= 15 is 0 Å². The number of unbranched alkanes of at least 4 members (excludes halogenated alkanes) is 6. The molecule has 0 spiro atoms. The van der Waals surface area contributed by atoms with Crippen LogP contribution in [0.4, 0.5) is 5.69 Å². The highest BCUT2D eigenvalue weighted by Crippen LogP contribution is 2.32. The van der Waals surface area contributed by atoms with E-state index in [9.17, 15) is 14.4 Å². The molecule has 0 bridgehead atoms. The maximum absolute atomic E-state index is 13.1. The zero-order chi connectivity index (χ0) is 23.4. The van der Waals surface area contributed by atoms with Crippen LogP contribution in [0.2, 0.25) is 5.02 Å². The SMILES string of the molecule is CCCCCCCCCC(=O)SCC(=O)N(c1c(C)ccc(Cl)c1C)C(C)C(=O)OC. The smallest absolute Gasteiger partial charge is 0.328 e. The van der Waals surface area contributed by atoms with Crippen LogP contribution in [0.25, 0.3) is 0 Å². The predicted molar refractivity (Wildman–Crippen MR) is 130 cm³/mol. The number of methoxy groups -OCH3 is 1. The van der Waals surface area contributed by atoms with Crippen molar-refractivity contribution in [1.29, 1.82) is 0 Å². The number of amides is 1. The van der Waals surface area contributed by atoms with Gasteiger partial charge >= 0.3 is 5.97 Å². The van der Waals surface area contributed by atoms with E-state index in [0.717, 1.165) is 36.6 Å². The molecule has 5 nitrogen and oxygen atoms in total. The lowest BCUT2D eigenvalue weighted by Crippen LogP contribution is -2.45. The van der Waals surface area contributed by atoms with Gasteiger partial charge in [0.15, 0.2) is 5.12 Å². The number of rotatable bonds is 13. The summed E-state index contributed by atoms with van der Waals surface area (Å²) in [6.45, 7) is 7.49. The standard InChI is InChI=1S/C24H36ClNO4S/c1-6-7-8-9-10-11-12-13-22(28)31-16-21(27)26(19(4)24(29)30-5)23-17(2)14-15-20(25)18(23)3/h14-15,19H,6-13,16H2,1-5H3. The van der Waals surface area contributed by atoms with E-state index in [-0.39, 0.29) is 16.8 Å². The Kier molecular flexibility index (Phi) is 12.9. The Hall–Kier alpha value is -1.53. The highest BCUT2D eigenvalue weighted by atomic mass is 35.5. The molecule has 31 heavy (non-hydrogen) atoms. The summed E-state index contributed by atoms with van der Waals surface area (Å²) in [7, 11) is 1.29. The second-order valence-electron chi connectivity index (χ2n) is 7.83. The Morgan fingerprint density at radius 3 is 2.29 bits per heavy atom. The summed E-state index contributed by atoms with van der Waals surface area (Å²) in [5.74, 6) is -0.863. The van der Waals surface area contributed by atoms with Gasteiger partial charge in [0, 0.05) is 11.4 Å². The lowest BCUT2D eigenvalue weighted by Gasteiger charge is -2.30. The predicted octanol–water partition coefficient (Wildman–Crippen LogP) is 6.25. The molecular formula is C24H36ClNO4S. The molecule has 0 fully saturated rings. The number of halogens is 1. The zero-order valence-electron chi connectivity index (χ0n) is 19.5. The lowest BCUT2D eigenvalue weighted by molar-refractivity contribution is -0.142. The highest BCUT2D eigenvalue weighted by molar-refractivity contribution is 8.14. The van der Waals surface area contributed by atoms with Crippen LogP contribution < -0.4 is 4.90 Å². The fourth-order valence-electron chi connectivity index (χ4n) is 3.50. The second-order valence-corrected chi connectivity index (χ2v) is 9.27. The van der Waals surface area contributed by atoms with E-state index < -0.39 is 12.0 Å². The van der Waals surface area contributed by atoms with Crippen molar-refractivity contribution in [2.75, 3.05) is 17.8 Å². The molecule has 0 radical (unpaired) electrons. The van der Waals surface area contributed by atoms with Crippen molar-refractivity contribution >= 4 is 46.0 Å². The van der Waals surface area contributed by atoms with Crippen LogP contribution in [0.5, 0.6) is 0 Å². The third kappa shape index (κ3) is 8.85. The first-order valence-electron chi connectivity index (χ1n) is 11.1. The molecule has 0 saturated heterocycles. The highest BCUT2D eigenvalue weighted by Gasteiger charge is 2.31. The van der Waals surface area contributed by atoms with Gasteiger partial charge in [-0.3, -0.25) is 14.5 Å². The van der Waals surface area contributed by atoms with Crippen molar-refractivity contribution in [2.24, 2.45) is 0 Å². The molecule has 0 aliphatic heterocycles. The van der Waals surface area contributed by atoms with E-state index in [0.29, 0.717) is 22.7 Å².